The van der Waals surface area contributed by atoms with Crippen LogP contribution < -0.4 is 10.0 Å². The molecule has 3 aromatic heterocycles. The van der Waals surface area contributed by atoms with Gasteiger partial charge in [0.25, 0.3) is 0 Å². The number of hydrogen-bond donors (Lipinski definition) is 4. The molecule has 0 spiro atoms. The summed E-state index contributed by atoms with van der Waals surface area (Å²) in [5.74, 6) is 0.608. The second-order valence-electron chi connectivity index (χ2n) is 12.6. The fourth-order valence-corrected chi connectivity index (χ4v) is 8.43. The minimum absolute atomic E-state index is 0.0669. The first kappa shape index (κ1) is 35.1. The van der Waals surface area contributed by atoms with E-state index in [1.54, 1.807) is 16.7 Å². The Balaban J connectivity index is 1.07. The number of thiophene rings is 1. The number of nitrogens with one attached hydrogen (secondary N) is 2. The van der Waals surface area contributed by atoms with E-state index in [9.17, 15) is 37.1 Å². The topological polar surface area (TPSA) is 160 Å². The van der Waals surface area contributed by atoms with Crippen LogP contribution in [-0.2, 0) is 29.5 Å². The molecule has 0 saturated carbocycles. The molecule has 0 aliphatic carbocycles. The quantitative estimate of drug-likeness (QED) is 0.177. The number of sulfonamides is 1. The summed E-state index contributed by atoms with van der Waals surface area (Å²) in [5, 5.41) is 37.6. The van der Waals surface area contributed by atoms with E-state index in [4.69, 9.17) is 0 Å². The van der Waals surface area contributed by atoms with Gasteiger partial charge in [-0.2, -0.15) is 18.4 Å². The lowest BCUT2D eigenvalue weighted by Crippen LogP contribution is -2.48. The summed E-state index contributed by atoms with van der Waals surface area (Å²) in [5.41, 5.74) is 1.68. The third-order valence-corrected chi connectivity index (χ3v) is 11.3. The van der Waals surface area contributed by atoms with Gasteiger partial charge in [0.2, 0.25) is 10.0 Å². The van der Waals surface area contributed by atoms with Crippen molar-refractivity contribution < 1.29 is 31.8 Å². The number of fused-ring (bicyclic) bond motifs is 2. The van der Waals surface area contributed by atoms with Gasteiger partial charge in [-0.25, -0.2) is 23.1 Å². The number of benzene rings is 1. The Hall–Kier alpha value is -3.79. The minimum atomic E-state index is -4.29. The smallest absolute Gasteiger partial charge is 0.393 e. The van der Waals surface area contributed by atoms with Crippen molar-refractivity contribution in [3.63, 3.8) is 0 Å². The van der Waals surface area contributed by atoms with Crippen LogP contribution in [0.1, 0.15) is 41.8 Å². The molecule has 12 nitrogen and oxygen atoms in total. The molecular weight excluding hydrogens is 682 g/mol. The first-order valence-corrected chi connectivity index (χ1v) is 18.3. The molecule has 1 unspecified atom stereocenters. The molecule has 49 heavy (non-hydrogen) atoms. The number of aliphatic hydroxyl groups excluding tert-OH is 1. The minimum Gasteiger partial charge on any atom is -0.508 e. The maximum absolute atomic E-state index is 12.9. The molecule has 0 radical (unpaired) electrons. The molecule has 2 saturated heterocycles. The van der Waals surface area contributed by atoms with Crippen LogP contribution in [0.4, 0.5) is 19.0 Å². The molecule has 0 bridgehead atoms. The van der Waals surface area contributed by atoms with E-state index >= 15 is 0 Å². The van der Waals surface area contributed by atoms with Crippen LogP contribution in [0.3, 0.4) is 0 Å². The fraction of sp³-hybridized carbons (Fsp3) is 0.469. The Morgan fingerprint density at radius 2 is 1.82 bits per heavy atom. The molecule has 1 aromatic carbocycles. The highest BCUT2D eigenvalue weighted by Crippen LogP contribution is 2.34. The number of nitrogens with zero attached hydrogens (tertiary/aromatic N) is 6. The van der Waals surface area contributed by atoms with Crippen molar-refractivity contribution in [1.29, 1.82) is 5.26 Å². The Labute approximate surface area is 285 Å². The average Bonchev–Trinajstić information content (AvgIpc) is 3.61. The number of halogens is 3. The average molecular weight is 719 g/mol. The lowest BCUT2D eigenvalue weighted by molar-refractivity contribution is -0.126. The van der Waals surface area contributed by atoms with Crippen molar-refractivity contribution >= 4 is 48.3 Å². The molecular formula is C32H37F3N8O4S2. The fourth-order valence-electron chi connectivity index (χ4n) is 6.61. The number of nitriles is 1. The van der Waals surface area contributed by atoms with Crippen LogP contribution in [0.15, 0.2) is 42.6 Å². The standard InChI is InChI=1S/C32H37F3N8O4S2/c1-2-49(46,47)40-23-5-9-42(10-6-23)29(45)18-43-24(16-36)12-20-11-21(28(44)14-27(20)43)17-41-7-3-22(4-8-41)39-30-26-13-25(15-32(33,34)35)48-31(26)38-19-37-30/h2,11-14,19,22-23,29,40,44-45H,1,3-10,15,17-18H2,(H,37,38,39). The predicted octanol–water partition coefficient (Wildman–Crippen LogP) is 4.25. The summed E-state index contributed by atoms with van der Waals surface area (Å²) in [6, 6.07) is 8.75. The van der Waals surface area contributed by atoms with E-state index in [0.29, 0.717) is 78.4 Å². The molecule has 2 aliphatic heterocycles. The number of aromatic nitrogens is 3. The van der Waals surface area contributed by atoms with Crippen LogP contribution in [0.5, 0.6) is 5.75 Å². The van der Waals surface area contributed by atoms with Crippen LogP contribution in [0.25, 0.3) is 21.1 Å². The molecule has 4 aromatic rings. The summed E-state index contributed by atoms with van der Waals surface area (Å²) in [7, 11) is -3.54. The van der Waals surface area contributed by atoms with E-state index < -0.39 is 28.8 Å². The lowest BCUT2D eigenvalue weighted by Gasteiger charge is -2.35. The first-order chi connectivity index (χ1) is 23.3. The summed E-state index contributed by atoms with van der Waals surface area (Å²) in [6.45, 7) is 6.27. The molecule has 2 aliphatic rings. The normalized spacial score (nSPS) is 18.2. The number of phenolic OH excluding ortho intramolecular Hbond substituents is 1. The number of alkyl halides is 3. The number of aromatic hydroxyl groups is 1. The van der Waals surface area contributed by atoms with E-state index in [0.717, 1.165) is 35.0 Å². The maximum atomic E-state index is 12.9. The Kier molecular flexibility index (Phi) is 10.2. The van der Waals surface area contributed by atoms with Crippen LogP contribution in [-0.4, -0.2) is 93.6 Å². The molecule has 1 atom stereocenters. The van der Waals surface area contributed by atoms with Gasteiger partial charge in [0, 0.05) is 72.1 Å². The zero-order valence-electron chi connectivity index (χ0n) is 26.5. The van der Waals surface area contributed by atoms with Gasteiger partial charge in [-0.1, -0.05) is 6.58 Å². The Morgan fingerprint density at radius 1 is 1.10 bits per heavy atom. The first-order valence-electron chi connectivity index (χ1n) is 15.9. The number of rotatable bonds is 11. The highest BCUT2D eigenvalue weighted by Gasteiger charge is 2.30. The van der Waals surface area contributed by atoms with Crippen LogP contribution >= 0.6 is 11.3 Å². The van der Waals surface area contributed by atoms with Crippen molar-refractivity contribution in [2.24, 2.45) is 0 Å². The highest BCUT2D eigenvalue weighted by atomic mass is 32.2. The second kappa shape index (κ2) is 14.2. The number of likely N-dealkylation sites (tertiary alicyclic amines) is 2. The van der Waals surface area contributed by atoms with Crippen molar-refractivity contribution in [3.05, 3.63) is 58.7 Å². The van der Waals surface area contributed by atoms with E-state index in [-0.39, 0.29) is 29.3 Å². The predicted molar refractivity (Wildman–Crippen MR) is 180 cm³/mol. The third kappa shape index (κ3) is 8.34. The second-order valence-corrected chi connectivity index (χ2v) is 15.3. The zero-order valence-corrected chi connectivity index (χ0v) is 28.2. The largest absolute Gasteiger partial charge is 0.508 e. The van der Waals surface area contributed by atoms with Crippen molar-refractivity contribution in [2.75, 3.05) is 31.5 Å². The van der Waals surface area contributed by atoms with Gasteiger partial charge in [-0.05, 0) is 43.9 Å². The van der Waals surface area contributed by atoms with Gasteiger partial charge >= 0.3 is 6.18 Å². The summed E-state index contributed by atoms with van der Waals surface area (Å²) in [4.78, 5) is 13.2. The van der Waals surface area contributed by atoms with Crippen LogP contribution in [0.2, 0.25) is 0 Å². The SMILES string of the molecule is C=CS(=O)(=O)NC1CCN(C(O)Cn2c(C#N)cc3cc(CN4CCC(Nc5ncnc6sc(CC(F)(F)F)cc56)CC4)c(O)cc32)CC1. The molecule has 6 rings (SSSR count). The third-order valence-electron chi connectivity index (χ3n) is 9.14. The molecule has 262 valence electrons. The van der Waals surface area contributed by atoms with E-state index in [1.165, 1.54) is 12.4 Å². The monoisotopic (exact) mass is 718 g/mol. The zero-order chi connectivity index (χ0) is 34.9. The molecule has 0 amide bonds. The summed E-state index contributed by atoms with van der Waals surface area (Å²) < 4.78 is 66.7. The van der Waals surface area contributed by atoms with Crippen molar-refractivity contribution in [3.8, 4) is 11.8 Å². The van der Waals surface area contributed by atoms with Gasteiger partial charge in [-0.3, -0.25) is 9.80 Å². The van der Waals surface area contributed by atoms with E-state index in [1.807, 2.05) is 11.0 Å². The van der Waals surface area contributed by atoms with Gasteiger partial charge in [0.15, 0.2) is 0 Å². The number of hydrogen-bond acceptors (Lipinski definition) is 11. The number of piperidine rings is 2. The number of aliphatic hydroxyl groups is 1. The van der Waals surface area contributed by atoms with E-state index in [2.05, 4.69) is 37.6 Å². The lowest BCUT2D eigenvalue weighted by atomic mass is 10.0. The number of anilines is 1. The maximum Gasteiger partial charge on any atom is 0.393 e. The van der Waals surface area contributed by atoms with Crippen molar-refractivity contribution in [2.45, 2.75) is 69.7 Å². The molecule has 4 N–H and O–H groups in total. The Morgan fingerprint density at radius 3 is 2.49 bits per heavy atom. The number of phenols is 1. The van der Waals surface area contributed by atoms with Crippen LogP contribution in [0, 0.1) is 11.3 Å². The molecule has 17 heteroatoms. The van der Waals surface area contributed by atoms with Crippen molar-refractivity contribution in [1.82, 2.24) is 29.1 Å². The van der Waals surface area contributed by atoms with Gasteiger partial charge in [0.05, 0.1) is 23.9 Å². The Bertz CT molecular complexity index is 1980. The van der Waals surface area contributed by atoms with Gasteiger partial charge in [0.1, 0.15) is 40.7 Å². The highest BCUT2D eigenvalue weighted by molar-refractivity contribution is 7.92. The van der Waals surface area contributed by atoms with Gasteiger partial charge < -0.3 is 20.1 Å². The summed E-state index contributed by atoms with van der Waals surface area (Å²) in [6.07, 6.45) is -2.29. The summed E-state index contributed by atoms with van der Waals surface area (Å²) >= 11 is 1.02. The molecule has 5 heterocycles. The molecule has 2 fully saturated rings. The van der Waals surface area contributed by atoms with Gasteiger partial charge in [-0.15, -0.1) is 11.3 Å².